The fourth-order valence-corrected chi connectivity index (χ4v) is 3.70. The number of nitrogens with two attached hydrogens (primary N) is 2. The summed E-state index contributed by atoms with van der Waals surface area (Å²) in [6.45, 7) is 7.68. The molecule has 0 saturated carbocycles. The van der Waals surface area contributed by atoms with E-state index in [1.54, 1.807) is 12.1 Å². The first-order valence-electron chi connectivity index (χ1n) is 12.8. The van der Waals surface area contributed by atoms with Crippen molar-refractivity contribution in [3.63, 3.8) is 0 Å². The van der Waals surface area contributed by atoms with Crippen molar-refractivity contribution in [1.82, 2.24) is 16.0 Å². The summed E-state index contributed by atoms with van der Waals surface area (Å²) >= 11 is 0. The minimum atomic E-state index is -0.914. The summed E-state index contributed by atoms with van der Waals surface area (Å²) in [4.78, 5) is 42.9. The van der Waals surface area contributed by atoms with Gasteiger partial charge in [-0.05, 0) is 42.4 Å². The summed E-state index contributed by atoms with van der Waals surface area (Å²) in [5.41, 5.74) is 11.4. The zero-order chi connectivity index (χ0) is 28.0. The van der Waals surface area contributed by atoms with Gasteiger partial charge in [-0.25, -0.2) is 0 Å². The molecule has 0 spiro atoms. The Morgan fingerprint density at radius 2 is 1.65 bits per heavy atom. The van der Waals surface area contributed by atoms with Gasteiger partial charge < -0.3 is 37.6 Å². The minimum Gasteiger partial charge on any atom is -0.508 e. The molecule has 11 nitrogen and oxygen atoms in total. The topological polar surface area (TPSA) is 192 Å². The van der Waals surface area contributed by atoms with Crippen LogP contribution in [0.15, 0.2) is 29.3 Å². The van der Waals surface area contributed by atoms with Crippen molar-refractivity contribution in [2.75, 3.05) is 13.2 Å². The quantitative estimate of drug-likeness (QED) is 0.0938. The number of aliphatic imine (C=N–C) groups is 1. The van der Waals surface area contributed by atoms with Gasteiger partial charge in [0.2, 0.25) is 17.7 Å². The molecule has 0 aliphatic carbocycles. The number of aliphatic hydroxyl groups is 1. The maximum Gasteiger partial charge on any atom is 0.243 e. The highest BCUT2D eigenvalue weighted by molar-refractivity contribution is 5.92. The van der Waals surface area contributed by atoms with Gasteiger partial charge >= 0.3 is 0 Å². The van der Waals surface area contributed by atoms with E-state index in [4.69, 9.17) is 11.5 Å². The van der Waals surface area contributed by atoms with Gasteiger partial charge in [0.1, 0.15) is 17.8 Å². The number of carbonyl (C=O) groups excluding carboxylic acids is 3. The van der Waals surface area contributed by atoms with Crippen molar-refractivity contribution in [3.05, 3.63) is 29.8 Å². The second-order valence-corrected chi connectivity index (χ2v) is 9.80. The number of carbonyl (C=O) groups is 3. The molecule has 37 heavy (non-hydrogen) atoms. The van der Waals surface area contributed by atoms with Crippen LogP contribution in [0.4, 0.5) is 0 Å². The van der Waals surface area contributed by atoms with Gasteiger partial charge in [0.05, 0.1) is 12.6 Å². The summed E-state index contributed by atoms with van der Waals surface area (Å²) < 4.78 is 0. The number of hydrogen-bond donors (Lipinski definition) is 7. The molecule has 4 atom stereocenters. The Bertz CT molecular complexity index is 886. The third-order valence-corrected chi connectivity index (χ3v) is 5.99. The molecule has 0 saturated heterocycles. The van der Waals surface area contributed by atoms with Gasteiger partial charge in [0.15, 0.2) is 5.96 Å². The first-order valence-corrected chi connectivity index (χ1v) is 12.8. The van der Waals surface area contributed by atoms with Gasteiger partial charge in [-0.15, -0.1) is 0 Å². The van der Waals surface area contributed by atoms with Crippen molar-refractivity contribution in [2.45, 2.75) is 77.9 Å². The average molecular weight is 521 g/mol. The lowest BCUT2D eigenvalue weighted by molar-refractivity contribution is -0.133. The molecular formula is C26H44N6O5. The largest absolute Gasteiger partial charge is 0.508 e. The molecule has 0 aliphatic heterocycles. The Kier molecular flexibility index (Phi) is 14.1. The Labute approximate surface area is 219 Å². The number of rotatable bonds is 16. The van der Waals surface area contributed by atoms with Crippen LogP contribution in [0.3, 0.4) is 0 Å². The number of nitrogens with one attached hydrogen (secondary N) is 3. The highest BCUT2D eigenvalue weighted by atomic mass is 16.3. The molecule has 0 fully saturated rings. The van der Waals surface area contributed by atoms with Crippen LogP contribution in [0.1, 0.15) is 58.9 Å². The van der Waals surface area contributed by atoms with Crippen molar-refractivity contribution in [1.29, 1.82) is 0 Å². The van der Waals surface area contributed by atoms with E-state index in [2.05, 4.69) is 20.9 Å². The third-order valence-electron chi connectivity index (χ3n) is 5.99. The van der Waals surface area contributed by atoms with Gasteiger partial charge in [-0.2, -0.15) is 0 Å². The molecule has 11 heteroatoms. The molecule has 1 rings (SSSR count). The number of phenolic OH excluding ortho intramolecular Hbond substituents is 1. The van der Waals surface area contributed by atoms with Crippen LogP contribution in [0, 0.1) is 11.8 Å². The third kappa shape index (κ3) is 12.4. The van der Waals surface area contributed by atoms with Crippen molar-refractivity contribution >= 4 is 23.7 Å². The molecule has 3 amide bonds. The predicted octanol–water partition coefficient (Wildman–Crippen LogP) is 0.527. The molecule has 0 aliphatic rings. The lowest BCUT2D eigenvalue weighted by Crippen LogP contribution is -2.57. The maximum absolute atomic E-state index is 13.4. The van der Waals surface area contributed by atoms with Crippen LogP contribution in [-0.4, -0.2) is 65.2 Å². The van der Waals surface area contributed by atoms with E-state index in [9.17, 15) is 24.6 Å². The highest BCUT2D eigenvalue weighted by Gasteiger charge is 2.31. The van der Waals surface area contributed by atoms with Crippen LogP contribution < -0.4 is 27.4 Å². The lowest BCUT2D eigenvalue weighted by Gasteiger charge is -2.28. The SMILES string of the molecule is CCC(C)C(NC(=O)C(Cc1ccc(O)cc1)NC(=O)CC(C)C)C(=O)NC(CO)CCCN=C(N)N. The van der Waals surface area contributed by atoms with E-state index in [1.165, 1.54) is 12.1 Å². The van der Waals surface area contributed by atoms with E-state index in [-0.39, 0.29) is 48.9 Å². The van der Waals surface area contributed by atoms with Gasteiger partial charge in [0, 0.05) is 19.4 Å². The fraction of sp³-hybridized carbons (Fsp3) is 0.615. The van der Waals surface area contributed by atoms with E-state index < -0.39 is 29.9 Å². The Hall–Kier alpha value is -3.34. The normalized spacial score (nSPS) is 14.2. The molecule has 4 unspecified atom stereocenters. The Morgan fingerprint density at radius 3 is 2.19 bits per heavy atom. The zero-order valence-electron chi connectivity index (χ0n) is 22.4. The second-order valence-electron chi connectivity index (χ2n) is 9.80. The first kappa shape index (κ1) is 31.7. The van der Waals surface area contributed by atoms with Crippen LogP contribution in [0.5, 0.6) is 5.75 Å². The van der Waals surface area contributed by atoms with E-state index in [0.29, 0.717) is 25.8 Å². The van der Waals surface area contributed by atoms with Crippen LogP contribution in [0.2, 0.25) is 0 Å². The van der Waals surface area contributed by atoms with Crippen LogP contribution >= 0.6 is 0 Å². The van der Waals surface area contributed by atoms with E-state index in [1.807, 2.05) is 27.7 Å². The fourth-order valence-electron chi connectivity index (χ4n) is 3.70. The van der Waals surface area contributed by atoms with Gasteiger partial charge in [-0.3, -0.25) is 19.4 Å². The predicted molar refractivity (Wildman–Crippen MR) is 144 cm³/mol. The standard InChI is InChI=1S/C26H44N6O5/c1-5-17(4)23(25(37)30-19(15-33)7-6-12-29-26(27)28)32-24(36)21(31-22(35)13-16(2)3)14-18-8-10-20(34)11-9-18/h8-11,16-17,19,21,23,33-34H,5-7,12-15H2,1-4H3,(H,30,37)(H,31,35)(H,32,36)(H4,27,28,29). The lowest BCUT2D eigenvalue weighted by atomic mass is 9.96. The summed E-state index contributed by atoms with van der Waals surface area (Å²) in [5.74, 6) is -1.19. The molecule has 0 heterocycles. The van der Waals surface area contributed by atoms with E-state index >= 15 is 0 Å². The first-order chi connectivity index (χ1) is 17.5. The molecule has 0 radical (unpaired) electrons. The van der Waals surface area contributed by atoms with Crippen molar-refractivity contribution in [2.24, 2.45) is 28.3 Å². The Morgan fingerprint density at radius 1 is 1.00 bits per heavy atom. The Balaban J connectivity index is 2.99. The van der Waals surface area contributed by atoms with Crippen molar-refractivity contribution in [3.8, 4) is 5.75 Å². The minimum absolute atomic E-state index is 0.0218. The van der Waals surface area contributed by atoms with Crippen molar-refractivity contribution < 1.29 is 24.6 Å². The van der Waals surface area contributed by atoms with Gasteiger partial charge in [0.25, 0.3) is 0 Å². The molecule has 1 aromatic carbocycles. The number of aromatic hydroxyl groups is 1. The zero-order valence-corrected chi connectivity index (χ0v) is 22.4. The number of nitrogens with zero attached hydrogens (tertiary/aromatic N) is 1. The number of benzene rings is 1. The maximum atomic E-state index is 13.4. The molecule has 9 N–H and O–H groups in total. The summed E-state index contributed by atoms with van der Waals surface area (Å²) in [5, 5.41) is 27.7. The van der Waals surface area contributed by atoms with Crippen LogP contribution in [-0.2, 0) is 20.8 Å². The molecular weight excluding hydrogens is 476 g/mol. The molecule has 0 bridgehead atoms. The number of hydrogen-bond acceptors (Lipinski definition) is 6. The van der Waals surface area contributed by atoms with E-state index in [0.717, 1.165) is 5.56 Å². The number of guanidine groups is 1. The molecule has 0 aromatic heterocycles. The van der Waals surface area contributed by atoms with Gasteiger partial charge in [-0.1, -0.05) is 46.2 Å². The average Bonchev–Trinajstić information content (AvgIpc) is 2.83. The monoisotopic (exact) mass is 520 g/mol. The second kappa shape index (κ2) is 16.4. The number of aliphatic hydroxyl groups excluding tert-OH is 1. The number of phenols is 1. The highest BCUT2D eigenvalue weighted by Crippen LogP contribution is 2.14. The van der Waals surface area contributed by atoms with Crippen LogP contribution in [0.25, 0.3) is 0 Å². The summed E-state index contributed by atoms with van der Waals surface area (Å²) in [7, 11) is 0. The summed E-state index contributed by atoms with van der Waals surface area (Å²) in [6.07, 6.45) is 2.08. The molecule has 1 aromatic rings. The summed E-state index contributed by atoms with van der Waals surface area (Å²) in [6, 6.07) is 4.07. The smallest absolute Gasteiger partial charge is 0.243 e. The molecule has 208 valence electrons. The number of amides is 3.